The number of ether oxygens (including phenoxy) is 2. The SMILES string of the molecule is O=C(CSc1ccc(Br)cc1)N1CCN(C(=O)[C@@H]2COc3ccccc3O2)CC1. The van der Waals surface area contributed by atoms with Gasteiger partial charge in [0, 0.05) is 35.5 Å². The number of rotatable bonds is 4. The largest absolute Gasteiger partial charge is 0.485 e. The maximum Gasteiger partial charge on any atom is 0.267 e. The number of benzene rings is 2. The van der Waals surface area contributed by atoms with Crippen molar-refractivity contribution in [2.24, 2.45) is 0 Å². The van der Waals surface area contributed by atoms with E-state index >= 15 is 0 Å². The van der Waals surface area contributed by atoms with Gasteiger partial charge in [-0.3, -0.25) is 9.59 Å². The summed E-state index contributed by atoms with van der Waals surface area (Å²) in [6.45, 7) is 2.30. The molecule has 1 saturated heterocycles. The molecule has 152 valence electrons. The monoisotopic (exact) mass is 476 g/mol. The zero-order chi connectivity index (χ0) is 20.2. The van der Waals surface area contributed by atoms with Gasteiger partial charge >= 0.3 is 0 Å². The molecule has 0 spiro atoms. The standard InChI is InChI=1S/C21H21BrN2O4S/c22-15-5-7-16(8-6-15)29-14-20(25)23-9-11-24(12-10-23)21(26)19-13-27-17-3-1-2-4-18(17)28-19/h1-8,19H,9-14H2/t19-/m0/s1. The van der Waals surface area contributed by atoms with Gasteiger partial charge in [0.2, 0.25) is 12.0 Å². The molecule has 29 heavy (non-hydrogen) atoms. The molecule has 0 saturated carbocycles. The molecule has 2 heterocycles. The van der Waals surface area contributed by atoms with Crippen molar-refractivity contribution in [3.63, 3.8) is 0 Å². The van der Waals surface area contributed by atoms with Crippen LogP contribution in [0.3, 0.4) is 0 Å². The van der Waals surface area contributed by atoms with Gasteiger partial charge in [0.05, 0.1) is 5.75 Å². The van der Waals surface area contributed by atoms with Gasteiger partial charge in [-0.25, -0.2) is 0 Å². The molecule has 8 heteroatoms. The molecular formula is C21H21BrN2O4S. The van der Waals surface area contributed by atoms with Crippen LogP contribution in [0.2, 0.25) is 0 Å². The second-order valence-corrected chi connectivity index (χ2v) is 8.78. The van der Waals surface area contributed by atoms with Crippen molar-refractivity contribution >= 4 is 39.5 Å². The summed E-state index contributed by atoms with van der Waals surface area (Å²) in [5.74, 6) is 1.66. The fourth-order valence-corrected chi connectivity index (χ4v) is 4.35. The summed E-state index contributed by atoms with van der Waals surface area (Å²) in [5.41, 5.74) is 0. The van der Waals surface area contributed by atoms with E-state index in [9.17, 15) is 9.59 Å². The van der Waals surface area contributed by atoms with Crippen LogP contribution in [0.25, 0.3) is 0 Å². The number of fused-ring (bicyclic) bond motifs is 1. The Balaban J connectivity index is 1.25. The molecule has 6 nitrogen and oxygen atoms in total. The van der Waals surface area contributed by atoms with Crippen LogP contribution in [0.4, 0.5) is 0 Å². The maximum atomic E-state index is 12.8. The van der Waals surface area contributed by atoms with Crippen LogP contribution in [0.1, 0.15) is 0 Å². The Morgan fingerprint density at radius 3 is 2.34 bits per heavy atom. The summed E-state index contributed by atoms with van der Waals surface area (Å²) in [6, 6.07) is 15.3. The summed E-state index contributed by atoms with van der Waals surface area (Å²) < 4.78 is 12.5. The minimum Gasteiger partial charge on any atom is -0.485 e. The summed E-state index contributed by atoms with van der Waals surface area (Å²) >= 11 is 4.93. The summed E-state index contributed by atoms with van der Waals surface area (Å²) in [6.07, 6.45) is -0.639. The van der Waals surface area contributed by atoms with E-state index in [1.54, 1.807) is 11.0 Å². The van der Waals surface area contributed by atoms with Gasteiger partial charge in [0.1, 0.15) is 6.61 Å². The number of piperazine rings is 1. The lowest BCUT2D eigenvalue weighted by Gasteiger charge is -2.37. The van der Waals surface area contributed by atoms with Crippen LogP contribution in [-0.2, 0) is 9.59 Å². The number of nitrogens with zero attached hydrogens (tertiary/aromatic N) is 2. The summed E-state index contributed by atoms with van der Waals surface area (Å²) in [5, 5.41) is 0. The van der Waals surface area contributed by atoms with Crippen LogP contribution in [0, 0.1) is 0 Å². The molecule has 0 bridgehead atoms. The number of halogens is 1. The van der Waals surface area contributed by atoms with Crippen molar-refractivity contribution in [3.8, 4) is 11.5 Å². The number of hydrogen-bond acceptors (Lipinski definition) is 5. The molecule has 1 atom stereocenters. The van der Waals surface area contributed by atoms with Crippen LogP contribution in [0.5, 0.6) is 11.5 Å². The molecule has 0 aliphatic carbocycles. The Hall–Kier alpha value is -2.19. The van der Waals surface area contributed by atoms with Crippen molar-refractivity contribution in [2.75, 3.05) is 38.5 Å². The fraction of sp³-hybridized carbons (Fsp3) is 0.333. The number of para-hydroxylation sites is 2. The number of hydrogen-bond donors (Lipinski definition) is 0. The summed E-state index contributed by atoms with van der Waals surface area (Å²) in [4.78, 5) is 29.9. The van der Waals surface area contributed by atoms with Crippen molar-refractivity contribution < 1.29 is 19.1 Å². The molecule has 2 aromatic carbocycles. The second kappa shape index (κ2) is 9.09. The van der Waals surface area contributed by atoms with Crippen molar-refractivity contribution in [1.29, 1.82) is 0 Å². The minimum absolute atomic E-state index is 0.0872. The number of amides is 2. The van der Waals surface area contributed by atoms with E-state index in [1.165, 1.54) is 11.8 Å². The highest BCUT2D eigenvalue weighted by Crippen LogP contribution is 2.31. The van der Waals surface area contributed by atoms with Gasteiger partial charge in [0.25, 0.3) is 5.91 Å². The van der Waals surface area contributed by atoms with E-state index in [0.717, 1.165) is 9.37 Å². The highest BCUT2D eigenvalue weighted by Gasteiger charge is 2.33. The van der Waals surface area contributed by atoms with E-state index in [-0.39, 0.29) is 18.4 Å². The molecule has 0 radical (unpaired) electrons. The van der Waals surface area contributed by atoms with Gasteiger partial charge in [0.15, 0.2) is 11.5 Å². The molecule has 4 rings (SSSR count). The Morgan fingerprint density at radius 1 is 0.966 bits per heavy atom. The van der Waals surface area contributed by atoms with Crippen LogP contribution < -0.4 is 9.47 Å². The lowest BCUT2D eigenvalue weighted by molar-refractivity contribution is -0.145. The normalized spacial score (nSPS) is 18.4. The topological polar surface area (TPSA) is 59.1 Å². The van der Waals surface area contributed by atoms with E-state index in [0.29, 0.717) is 43.4 Å². The molecule has 2 aromatic rings. The third-order valence-corrected chi connectivity index (χ3v) is 6.43. The molecular weight excluding hydrogens is 456 g/mol. The molecule has 0 N–H and O–H groups in total. The van der Waals surface area contributed by atoms with Crippen LogP contribution in [0.15, 0.2) is 57.9 Å². The summed E-state index contributed by atoms with van der Waals surface area (Å²) in [7, 11) is 0. The van der Waals surface area contributed by atoms with E-state index in [1.807, 2.05) is 47.4 Å². The molecule has 2 aliphatic rings. The van der Waals surface area contributed by atoms with E-state index in [2.05, 4.69) is 15.9 Å². The van der Waals surface area contributed by atoms with Gasteiger partial charge in [-0.2, -0.15) is 0 Å². The van der Waals surface area contributed by atoms with E-state index < -0.39 is 6.10 Å². The first kappa shape index (κ1) is 20.1. The Morgan fingerprint density at radius 2 is 1.62 bits per heavy atom. The third kappa shape index (κ3) is 4.87. The Bertz CT molecular complexity index is 885. The number of carbonyl (C=O) groups is 2. The van der Waals surface area contributed by atoms with Crippen LogP contribution in [-0.4, -0.2) is 66.3 Å². The average Bonchev–Trinajstić information content (AvgIpc) is 2.78. The minimum atomic E-state index is -0.639. The first-order chi connectivity index (χ1) is 14.1. The highest BCUT2D eigenvalue weighted by molar-refractivity contribution is 9.10. The second-order valence-electron chi connectivity index (χ2n) is 6.81. The van der Waals surface area contributed by atoms with Crippen molar-refractivity contribution in [1.82, 2.24) is 9.80 Å². The zero-order valence-corrected chi connectivity index (χ0v) is 18.2. The average molecular weight is 477 g/mol. The van der Waals surface area contributed by atoms with Crippen molar-refractivity contribution in [2.45, 2.75) is 11.0 Å². The van der Waals surface area contributed by atoms with Gasteiger partial charge < -0.3 is 19.3 Å². The highest BCUT2D eigenvalue weighted by atomic mass is 79.9. The zero-order valence-electron chi connectivity index (χ0n) is 15.8. The van der Waals surface area contributed by atoms with E-state index in [4.69, 9.17) is 9.47 Å². The molecule has 0 aromatic heterocycles. The molecule has 1 fully saturated rings. The van der Waals surface area contributed by atoms with Gasteiger partial charge in [-0.05, 0) is 36.4 Å². The number of thioether (sulfide) groups is 1. The maximum absolute atomic E-state index is 12.8. The first-order valence-corrected chi connectivity index (χ1v) is 11.2. The van der Waals surface area contributed by atoms with Crippen molar-refractivity contribution in [3.05, 3.63) is 53.0 Å². The quantitative estimate of drug-likeness (QED) is 0.634. The predicted octanol–water partition coefficient (Wildman–Crippen LogP) is 3.05. The molecule has 2 amide bonds. The fourth-order valence-electron chi connectivity index (χ4n) is 3.29. The number of carbonyl (C=O) groups excluding carboxylic acids is 2. The lowest BCUT2D eigenvalue weighted by atomic mass is 10.2. The van der Waals surface area contributed by atoms with Gasteiger partial charge in [-0.1, -0.05) is 28.1 Å². The Labute approximate surface area is 182 Å². The Kier molecular flexibility index (Phi) is 6.30. The molecule has 2 aliphatic heterocycles. The van der Waals surface area contributed by atoms with Gasteiger partial charge in [-0.15, -0.1) is 11.8 Å². The first-order valence-electron chi connectivity index (χ1n) is 9.43. The predicted molar refractivity (Wildman–Crippen MR) is 114 cm³/mol. The third-order valence-electron chi connectivity index (χ3n) is 4.90. The molecule has 0 unspecified atom stereocenters. The lowest BCUT2D eigenvalue weighted by Crippen LogP contribution is -2.55. The smallest absolute Gasteiger partial charge is 0.267 e. The van der Waals surface area contributed by atoms with Crippen LogP contribution >= 0.6 is 27.7 Å².